The third kappa shape index (κ3) is 7.02. The van der Waals surface area contributed by atoms with Gasteiger partial charge in [0.25, 0.3) is 0 Å². The van der Waals surface area contributed by atoms with Crippen LogP contribution in [0.4, 0.5) is 0 Å². The molecule has 2 heterocycles. The Kier molecular flexibility index (Phi) is 10.3. The van der Waals surface area contributed by atoms with Crippen LogP contribution >= 0.6 is 11.8 Å². The van der Waals surface area contributed by atoms with Gasteiger partial charge in [-0.1, -0.05) is 19.8 Å². The fourth-order valence-electron chi connectivity index (χ4n) is 4.14. The minimum atomic E-state index is -0.233. The molecule has 152 valence electrons. The molecule has 2 rings (SSSR count). The second kappa shape index (κ2) is 12.2. The fourth-order valence-corrected chi connectivity index (χ4v) is 5.19. The van der Waals surface area contributed by atoms with Crippen LogP contribution in [0.5, 0.6) is 0 Å². The Morgan fingerprint density at radius 3 is 2.65 bits per heavy atom. The summed E-state index contributed by atoms with van der Waals surface area (Å²) in [6, 6.07) is 0. The monoisotopic (exact) mass is 387 g/mol. The maximum Gasteiger partial charge on any atom is 0.245 e. The number of hydroxylamine groups is 2. The average Bonchev–Trinajstić information content (AvgIpc) is 3.22. The van der Waals surface area contributed by atoms with E-state index in [1.165, 1.54) is 57.1 Å². The van der Waals surface area contributed by atoms with E-state index in [9.17, 15) is 4.79 Å². The zero-order valence-electron chi connectivity index (χ0n) is 16.5. The normalized spacial score (nSPS) is 27.2. The number of thioether (sulfide) groups is 1. The van der Waals surface area contributed by atoms with Crippen LogP contribution in [0.2, 0.25) is 0 Å². The predicted molar refractivity (Wildman–Crippen MR) is 106 cm³/mol. The molecule has 0 spiro atoms. The van der Waals surface area contributed by atoms with E-state index >= 15 is 0 Å². The van der Waals surface area contributed by atoms with Crippen LogP contribution in [0.25, 0.3) is 0 Å². The molecule has 0 aliphatic carbocycles. The Hall–Kier alpha value is -0.300. The van der Waals surface area contributed by atoms with Gasteiger partial charge in [0.1, 0.15) is 0 Å². The lowest BCUT2D eigenvalue weighted by molar-refractivity contribution is -0.159. The van der Waals surface area contributed by atoms with E-state index in [0.29, 0.717) is 42.1 Å². The van der Waals surface area contributed by atoms with E-state index in [1.807, 2.05) is 0 Å². The molecular formula is C20H37NO4S. The van der Waals surface area contributed by atoms with Crippen LogP contribution < -0.4 is 0 Å². The number of nitrogens with zero attached hydrogens (tertiary/aromatic N) is 1. The van der Waals surface area contributed by atoms with Crippen molar-refractivity contribution in [2.45, 2.75) is 76.9 Å². The number of carbonyl (C=O) groups excluding carboxylic acids is 1. The predicted octanol–water partition coefficient (Wildman–Crippen LogP) is 4.13. The molecule has 4 atom stereocenters. The topological polar surface area (TPSA) is 59.0 Å². The first-order chi connectivity index (χ1) is 12.6. The van der Waals surface area contributed by atoms with Crippen LogP contribution in [-0.2, 0) is 14.3 Å². The van der Waals surface area contributed by atoms with Crippen molar-refractivity contribution >= 4 is 17.7 Å². The van der Waals surface area contributed by atoms with E-state index in [2.05, 4.69) is 18.7 Å². The van der Waals surface area contributed by atoms with Crippen molar-refractivity contribution in [1.82, 2.24) is 5.06 Å². The molecule has 2 saturated heterocycles. The lowest BCUT2D eigenvalue weighted by Gasteiger charge is -2.27. The van der Waals surface area contributed by atoms with Crippen molar-refractivity contribution in [3.8, 4) is 0 Å². The third-order valence-corrected chi connectivity index (χ3v) is 6.78. The van der Waals surface area contributed by atoms with Gasteiger partial charge in [-0.25, -0.2) is 5.06 Å². The quantitative estimate of drug-likeness (QED) is 0.276. The van der Waals surface area contributed by atoms with Crippen LogP contribution in [0.3, 0.4) is 0 Å². The van der Waals surface area contributed by atoms with Crippen molar-refractivity contribution in [2.75, 3.05) is 31.8 Å². The molecule has 5 nitrogen and oxygen atoms in total. The standard InChI is InChI=1S/C20H37NO4S/c1-3-4-7-13-26-14-11-16-17(19-10-9-18(16)25-19)15-24-12-6-5-8-20(22)21(2)23/h16-19,23H,3-15H2,1-2H3/t16-,17+,18-,19+/m0/s1. The maximum atomic E-state index is 11.3. The minimum Gasteiger partial charge on any atom is -0.381 e. The van der Waals surface area contributed by atoms with Gasteiger partial charge in [0.15, 0.2) is 0 Å². The molecule has 2 aliphatic rings. The zero-order valence-corrected chi connectivity index (χ0v) is 17.3. The number of ether oxygens (including phenoxy) is 2. The Balaban J connectivity index is 1.58. The summed E-state index contributed by atoms with van der Waals surface area (Å²) in [4.78, 5) is 11.3. The first-order valence-corrected chi connectivity index (χ1v) is 11.5. The van der Waals surface area contributed by atoms with Crippen molar-refractivity contribution < 1.29 is 19.5 Å². The SMILES string of the molecule is CCCCCSCC[C@H]1[C@@H](COCCCCC(=O)N(C)O)[C@H]2CC[C@@H]1O2. The van der Waals surface area contributed by atoms with E-state index in [1.54, 1.807) is 0 Å². The highest BCUT2D eigenvalue weighted by Crippen LogP contribution is 2.45. The second-order valence-corrected chi connectivity index (χ2v) is 8.90. The van der Waals surface area contributed by atoms with E-state index in [4.69, 9.17) is 14.7 Å². The summed E-state index contributed by atoms with van der Waals surface area (Å²) in [5.41, 5.74) is 0. The number of hydrogen-bond donors (Lipinski definition) is 1. The summed E-state index contributed by atoms with van der Waals surface area (Å²) in [5.74, 6) is 3.52. The molecule has 1 N–H and O–H groups in total. The number of amides is 1. The van der Waals surface area contributed by atoms with E-state index in [-0.39, 0.29) is 5.91 Å². The summed E-state index contributed by atoms with van der Waals surface area (Å²) in [5, 5.41) is 9.69. The number of rotatable bonds is 14. The molecule has 6 heteroatoms. The Labute approximate surface area is 163 Å². The van der Waals surface area contributed by atoms with Gasteiger partial charge in [0, 0.05) is 26.0 Å². The molecule has 0 unspecified atom stereocenters. The van der Waals surface area contributed by atoms with Gasteiger partial charge in [-0.05, 0) is 55.9 Å². The molecule has 0 aromatic heterocycles. The smallest absolute Gasteiger partial charge is 0.245 e. The van der Waals surface area contributed by atoms with Crippen molar-refractivity contribution in [3.63, 3.8) is 0 Å². The molecule has 2 aliphatic heterocycles. The molecule has 26 heavy (non-hydrogen) atoms. The largest absolute Gasteiger partial charge is 0.381 e. The molecule has 2 bridgehead atoms. The fraction of sp³-hybridized carbons (Fsp3) is 0.950. The van der Waals surface area contributed by atoms with Crippen LogP contribution in [0.1, 0.15) is 64.7 Å². The number of carbonyl (C=O) groups is 1. The second-order valence-electron chi connectivity index (χ2n) is 7.68. The van der Waals surface area contributed by atoms with E-state index < -0.39 is 0 Å². The lowest BCUT2D eigenvalue weighted by atomic mass is 9.78. The summed E-state index contributed by atoms with van der Waals surface area (Å²) in [6.45, 7) is 3.74. The van der Waals surface area contributed by atoms with Gasteiger partial charge in [-0.2, -0.15) is 11.8 Å². The van der Waals surface area contributed by atoms with E-state index in [0.717, 1.165) is 19.4 Å². The first kappa shape index (κ1) is 22.0. The summed E-state index contributed by atoms with van der Waals surface area (Å²) >= 11 is 2.10. The Morgan fingerprint density at radius 2 is 1.92 bits per heavy atom. The highest BCUT2D eigenvalue weighted by molar-refractivity contribution is 7.99. The molecule has 1 amide bonds. The van der Waals surface area contributed by atoms with Crippen LogP contribution in [0, 0.1) is 11.8 Å². The van der Waals surface area contributed by atoms with Gasteiger partial charge in [0.05, 0.1) is 18.8 Å². The average molecular weight is 388 g/mol. The van der Waals surface area contributed by atoms with Crippen LogP contribution in [-0.4, -0.2) is 60.2 Å². The van der Waals surface area contributed by atoms with Gasteiger partial charge in [-0.15, -0.1) is 0 Å². The van der Waals surface area contributed by atoms with Crippen LogP contribution in [0.15, 0.2) is 0 Å². The highest BCUT2D eigenvalue weighted by atomic mass is 32.2. The maximum absolute atomic E-state index is 11.3. The third-order valence-electron chi connectivity index (χ3n) is 5.68. The Morgan fingerprint density at radius 1 is 1.15 bits per heavy atom. The van der Waals surface area contributed by atoms with Gasteiger partial charge in [0.2, 0.25) is 5.91 Å². The zero-order chi connectivity index (χ0) is 18.8. The summed E-state index contributed by atoms with van der Waals surface area (Å²) < 4.78 is 12.1. The van der Waals surface area contributed by atoms with Crippen molar-refractivity contribution in [1.29, 1.82) is 0 Å². The number of unbranched alkanes of at least 4 members (excludes halogenated alkanes) is 3. The molecule has 0 saturated carbocycles. The molecule has 0 aromatic carbocycles. The Bertz CT molecular complexity index is 407. The van der Waals surface area contributed by atoms with Crippen molar-refractivity contribution in [2.24, 2.45) is 11.8 Å². The highest BCUT2D eigenvalue weighted by Gasteiger charge is 2.48. The van der Waals surface area contributed by atoms with Crippen molar-refractivity contribution in [3.05, 3.63) is 0 Å². The summed E-state index contributed by atoms with van der Waals surface area (Å²) in [7, 11) is 1.37. The molecular weight excluding hydrogens is 350 g/mol. The van der Waals surface area contributed by atoms with Gasteiger partial charge < -0.3 is 9.47 Å². The molecule has 0 radical (unpaired) electrons. The minimum absolute atomic E-state index is 0.233. The summed E-state index contributed by atoms with van der Waals surface area (Å²) in [6.07, 6.45) is 10.5. The first-order valence-electron chi connectivity index (χ1n) is 10.4. The van der Waals surface area contributed by atoms with Gasteiger partial charge in [-0.3, -0.25) is 10.0 Å². The number of hydrogen-bond acceptors (Lipinski definition) is 5. The van der Waals surface area contributed by atoms with Gasteiger partial charge >= 0.3 is 0 Å². The molecule has 0 aromatic rings. The molecule has 2 fully saturated rings. The number of fused-ring (bicyclic) bond motifs is 2. The lowest BCUT2D eigenvalue weighted by Crippen LogP contribution is -2.31.